The topological polar surface area (TPSA) is 96.0 Å². The third kappa shape index (κ3) is 2.70. The zero-order valence-electron chi connectivity index (χ0n) is 10.0. The quantitative estimate of drug-likeness (QED) is 0.849. The molecule has 2 aromatic rings. The minimum Gasteiger partial charge on any atom is -0.398 e. The molecule has 0 atom stereocenters. The number of sulfonamides is 1. The third-order valence-electron chi connectivity index (χ3n) is 2.58. The Morgan fingerprint density at radius 1 is 1.32 bits per heavy atom. The summed E-state index contributed by atoms with van der Waals surface area (Å²) in [5.41, 5.74) is 7.35. The summed E-state index contributed by atoms with van der Waals surface area (Å²) in [6, 6.07) is 9.81. The Morgan fingerprint density at radius 3 is 2.68 bits per heavy atom. The molecule has 0 saturated heterocycles. The first-order chi connectivity index (χ1) is 8.94. The summed E-state index contributed by atoms with van der Waals surface area (Å²) in [7, 11) is -3.68. The summed E-state index contributed by atoms with van der Waals surface area (Å²) in [4.78, 5) is 0.352. The number of rotatable bonds is 3. The molecule has 0 radical (unpaired) electrons. The number of nitrogens with one attached hydrogen (secondary N) is 1. The van der Waals surface area contributed by atoms with E-state index in [0.29, 0.717) is 21.8 Å². The van der Waals surface area contributed by atoms with Gasteiger partial charge >= 0.3 is 0 Å². The Labute approximate surface area is 115 Å². The fraction of sp³-hybridized carbons (Fsp3) is 0.0833. The summed E-state index contributed by atoms with van der Waals surface area (Å²) in [5, 5.41) is 8.72. The lowest BCUT2D eigenvalue weighted by Crippen LogP contribution is -2.12. The fourth-order valence-corrected chi connectivity index (χ4v) is 3.71. The van der Waals surface area contributed by atoms with Gasteiger partial charge in [0.05, 0.1) is 5.69 Å². The van der Waals surface area contributed by atoms with Gasteiger partial charge in [-0.1, -0.05) is 6.07 Å². The average Bonchev–Trinajstić information content (AvgIpc) is 2.84. The first-order valence-corrected chi connectivity index (χ1v) is 7.62. The number of anilines is 2. The predicted octanol–water partition coefficient (Wildman–Crippen LogP) is 2.31. The minimum atomic E-state index is -3.68. The lowest BCUT2D eigenvalue weighted by atomic mass is 10.2. The molecule has 1 aromatic heterocycles. The van der Waals surface area contributed by atoms with Gasteiger partial charge in [0.15, 0.2) is 0 Å². The van der Waals surface area contributed by atoms with Crippen LogP contribution in [-0.4, -0.2) is 8.42 Å². The molecule has 5 nitrogen and oxygen atoms in total. The molecule has 1 aromatic carbocycles. The molecule has 7 heteroatoms. The maximum Gasteiger partial charge on any atom is 0.271 e. The average molecular weight is 293 g/mol. The Morgan fingerprint density at radius 2 is 2.05 bits per heavy atom. The molecule has 1 heterocycles. The zero-order valence-corrected chi connectivity index (χ0v) is 11.7. The van der Waals surface area contributed by atoms with E-state index < -0.39 is 10.0 Å². The van der Waals surface area contributed by atoms with E-state index in [0.717, 1.165) is 11.3 Å². The van der Waals surface area contributed by atoms with Crippen LogP contribution in [0.5, 0.6) is 0 Å². The maximum atomic E-state index is 12.1. The van der Waals surface area contributed by atoms with Crippen LogP contribution in [0.2, 0.25) is 0 Å². The molecule has 0 spiro atoms. The highest BCUT2D eigenvalue weighted by molar-refractivity contribution is 7.94. The molecule has 0 unspecified atom stereocenters. The van der Waals surface area contributed by atoms with Gasteiger partial charge in [0.1, 0.15) is 15.2 Å². The molecule has 98 valence electrons. The van der Waals surface area contributed by atoms with Crippen molar-refractivity contribution < 1.29 is 8.42 Å². The molecule has 0 aliphatic rings. The number of thiophene rings is 1. The minimum absolute atomic E-state index is 0.103. The van der Waals surface area contributed by atoms with Crippen molar-refractivity contribution in [1.29, 1.82) is 5.26 Å². The third-order valence-corrected chi connectivity index (χ3v) is 5.42. The van der Waals surface area contributed by atoms with Crippen molar-refractivity contribution in [3.05, 3.63) is 40.8 Å². The van der Waals surface area contributed by atoms with Crippen LogP contribution < -0.4 is 10.5 Å². The highest BCUT2D eigenvalue weighted by Crippen LogP contribution is 2.26. The van der Waals surface area contributed by atoms with E-state index in [1.54, 1.807) is 25.1 Å². The second kappa shape index (κ2) is 4.91. The molecule has 0 aliphatic heterocycles. The highest BCUT2D eigenvalue weighted by atomic mass is 32.2. The van der Waals surface area contributed by atoms with E-state index in [9.17, 15) is 8.42 Å². The normalized spacial score (nSPS) is 10.9. The van der Waals surface area contributed by atoms with Crippen LogP contribution in [0, 0.1) is 18.3 Å². The van der Waals surface area contributed by atoms with Crippen LogP contribution >= 0.6 is 11.3 Å². The summed E-state index contributed by atoms with van der Waals surface area (Å²) >= 11 is 0.926. The number of nitrogens with zero attached hydrogens (tertiary/aromatic N) is 1. The van der Waals surface area contributed by atoms with Gasteiger partial charge in [-0.3, -0.25) is 4.72 Å². The van der Waals surface area contributed by atoms with Crippen molar-refractivity contribution >= 4 is 32.7 Å². The number of benzene rings is 1. The van der Waals surface area contributed by atoms with Crippen LogP contribution in [0.15, 0.2) is 34.5 Å². The van der Waals surface area contributed by atoms with Crippen LogP contribution in [0.3, 0.4) is 0 Å². The smallest absolute Gasteiger partial charge is 0.271 e. The van der Waals surface area contributed by atoms with Crippen LogP contribution in [0.25, 0.3) is 0 Å². The van der Waals surface area contributed by atoms with Gasteiger partial charge in [0.2, 0.25) is 0 Å². The summed E-state index contributed by atoms with van der Waals surface area (Å²) in [6.07, 6.45) is 0. The standard InChI is InChI=1S/C12H11N3O2S2/c1-8-10(14)3-2-4-11(8)15-19(16,17)12-6-5-9(7-13)18-12/h2-6,15H,14H2,1H3. The van der Waals surface area contributed by atoms with Crippen molar-refractivity contribution in [2.45, 2.75) is 11.1 Å². The Balaban J connectivity index is 2.37. The molecule has 0 saturated carbocycles. The van der Waals surface area contributed by atoms with Crippen molar-refractivity contribution in [2.24, 2.45) is 0 Å². The van der Waals surface area contributed by atoms with Gasteiger partial charge < -0.3 is 5.73 Å². The first kappa shape index (κ1) is 13.4. The molecular formula is C12H11N3O2S2. The van der Waals surface area contributed by atoms with Gasteiger partial charge in [-0.2, -0.15) is 5.26 Å². The van der Waals surface area contributed by atoms with Crippen molar-refractivity contribution in [3.63, 3.8) is 0 Å². The molecule has 0 bridgehead atoms. The molecule has 0 aliphatic carbocycles. The lowest BCUT2D eigenvalue weighted by molar-refractivity contribution is 0.603. The monoisotopic (exact) mass is 293 g/mol. The number of nitriles is 1. The van der Waals surface area contributed by atoms with Crippen molar-refractivity contribution in [3.8, 4) is 6.07 Å². The first-order valence-electron chi connectivity index (χ1n) is 5.32. The second-order valence-electron chi connectivity index (χ2n) is 3.86. The van der Waals surface area contributed by atoms with Crippen molar-refractivity contribution in [2.75, 3.05) is 10.5 Å². The summed E-state index contributed by atoms with van der Waals surface area (Å²) in [6.45, 7) is 1.74. The lowest BCUT2D eigenvalue weighted by Gasteiger charge is -2.10. The van der Waals surface area contributed by atoms with Crippen LogP contribution in [0.1, 0.15) is 10.4 Å². The molecule has 0 amide bonds. The fourth-order valence-electron chi connectivity index (χ4n) is 1.48. The molecule has 3 N–H and O–H groups in total. The second-order valence-corrected chi connectivity index (χ2v) is 6.85. The zero-order chi connectivity index (χ0) is 14.0. The van der Waals surface area contributed by atoms with Gasteiger partial charge in [-0.15, -0.1) is 11.3 Å². The Bertz CT molecular complexity index is 758. The number of nitrogen functional groups attached to an aromatic ring is 1. The van der Waals surface area contributed by atoms with E-state index in [2.05, 4.69) is 4.72 Å². The SMILES string of the molecule is Cc1c(N)cccc1NS(=O)(=O)c1ccc(C#N)s1. The van der Waals surface area contributed by atoms with E-state index >= 15 is 0 Å². The van der Waals surface area contributed by atoms with E-state index in [1.807, 2.05) is 6.07 Å². The van der Waals surface area contributed by atoms with Gasteiger partial charge in [0, 0.05) is 5.69 Å². The van der Waals surface area contributed by atoms with E-state index in [4.69, 9.17) is 11.0 Å². The Hall–Kier alpha value is -2.04. The van der Waals surface area contributed by atoms with Crippen LogP contribution in [-0.2, 0) is 10.0 Å². The summed E-state index contributed by atoms with van der Waals surface area (Å²) in [5.74, 6) is 0. The van der Waals surface area contributed by atoms with Gasteiger partial charge in [0.25, 0.3) is 10.0 Å². The number of hydrogen-bond donors (Lipinski definition) is 2. The molecular weight excluding hydrogens is 282 g/mol. The molecule has 2 rings (SSSR count). The van der Waals surface area contributed by atoms with Gasteiger partial charge in [-0.25, -0.2) is 8.42 Å². The van der Waals surface area contributed by atoms with Crippen molar-refractivity contribution in [1.82, 2.24) is 0 Å². The Kier molecular flexibility index (Phi) is 3.46. The predicted molar refractivity (Wildman–Crippen MR) is 75.4 cm³/mol. The van der Waals surface area contributed by atoms with E-state index in [1.165, 1.54) is 12.1 Å². The van der Waals surface area contributed by atoms with Crippen LogP contribution in [0.4, 0.5) is 11.4 Å². The molecule has 19 heavy (non-hydrogen) atoms. The number of hydrogen-bond acceptors (Lipinski definition) is 5. The highest BCUT2D eigenvalue weighted by Gasteiger charge is 2.18. The molecule has 0 fully saturated rings. The largest absolute Gasteiger partial charge is 0.398 e. The van der Waals surface area contributed by atoms with Gasteiger partial charge in [-0.05, 0) is 36.8 Å². The number of nitrogens with two attached hydrogens (primary N) is 1. The maximum absolute atomic E-state index is 12.1. The van der Waals surface area contributed by atoms with E-state index in [-0.39, 0.29) is 4.21 Å². The summed E-state index contributed by atoms with van der Waals surface area (Å²) < 4.78 is 26.9.